The van der Waals surface area contributed by atoms with Crippen LogP contribution in [0.3, 0.4) is 0 Å². The molecular formula is C12H28N2O. The minimum absolute atomic E-state index is 0.242. The molecule has 0 amide bonds. The summed E-state index contributed by atoms with van der Waals surface area (Å²) in [5.41, 5.74) is 0.242. The summed E-state index contributed by atoms with van der Waals surface area (Å²) >= 11 is 0. The summed E-state index contributed by atoms with van der Waals surface area (Å²) in [6.07, 6.45) is 0. The first-order valence-corrected chi connectivity index (χ1v) is 6.13. The second-order valence-electron chi connectivity index (χ2n) is 4.63. The van der Waals surface area contributed by atoms with Crippen molar-refractivity contribution in [1.82, 2.24) is 10.2 Å². The van der Waals surface area contributed by atoms with Gasteiger partial charge in [0, 0.05) is 31.7 Å². The van der Waals surface area contributed by atoms with Crippen LogP contribution in [0.2, 0.25) is 0 Å². The fourth-order valence-corrected chi connectivity index (χ4v) is 1.41. The predicted molar refractivity (Wildman–Crippen MR) is 66.4 cm³/mol. The van der Waals surface area contributed by atoms with E-state index in [0.717, 1.165) is 39.4 Å². The van der Waals surface area contributed by atoms with Gasteiger partial charge in [0.05, 0.1) is 13.2 Å². The molecule has 1 aliphatic rings. The summed E-state index contributed by atoms with van der Waals surface area (Å²) in [4.78, 5) is 2.45. The fourth-order valence-electron chi connectivity index (χ4n) is 1.41. The van der Waals surface area contributed by atoms with Crippen molar-refractivity contribution < 1.29 is 4.74 Å². The smallest absolute Gasteiger partial charge is 0.0594 e. The number of rotatable bonds is 3. The van der Waals surface area contributed by atoms with Gasteiger partial charge in [-0.2, -0.15) is 0 Å². The van der Waals surface area contributed by atoms with Crippen molar-refractivity contribution in [3.05, 3.63) is 0 Å². The number of morpholine rings is 1. The minimum Gasteiger partial charge on any atom is -0.379 e. The van der Waals surface area contributed by atoms with E-state index in [9.17, 15) is 0 Å². The van der Waals surface area contributed by atoms with Crippen molar-refractivity contribution in [3.8, 4) is 0 Å². The number of hydrogen-bond donors (Lipinski definition) is 1. The van der Waals surface area contributed by atoms with Crippen molar-refractivity contribution in [3.63, 3.8) is 0 Å². The Bertz CT molecular complexity index is 137. The highest BCUT2D eigenvalue weighted by Crippen LogP contribution is 1.99. The van der Waals surface area contributed by atoms with Crippen molar-refractivity contribution in [2.75, 3.05) is 39.4 Å². The van der Waals surface area contributed by atoms with Gasteiger partial charge in [0.25, 0.3) is 0 Å². The largest absolute Gasteiger partial charge is 0.379 e. The van der Waals surface area contributed by atoms with E-state index in [1.54, 1.807) is 0 Å². The van der Waals surface area contributed by atoms with E-state index in [1.165, 1.54) is 0 Å². The van der Waals surface area contributed by atoms with Crippen LogP contribution in [0.25, 0.3) is 0 Å². The van der Waals surface area contributed by atoms with Crippen molar-refractivity contribution >= 4 is 0 Å². The van der Waals surface area contributed by atoms with E-state index >= 15 is 0 Å². The molecule has 3 heteroatoms. The SMILES string of the molecule is CC.CC(C)(C)NCCN1CCOCC1. The molecule has 0 unspecified atom stereocenters. The van der Waals surface area contributed by atoms with Crippen LogP contribution in [0, 0.1) is 0 Å². The molecule has 0 saturated carbocycles. The summed E-state index contributed by atoms with van der Waals surface area (Å²) < 4.78 is 5.28. The third-order valence-electron chi connectivity index (χ3n) is 2.19. The van der Waals surface area contributed by atoms with Gasteiger partial charge in [0.1, 0.15) is 0 Å². The number of nitrogens with zero attached hydrogens (tertiary/aromatic N) is 1. The lowest BCUT2D eigenvalue weighted by molar-refractivity contribution is 0.0378. The summed E-state index contributed by atoms with van der Waals surface area (Å²) in [6, 6.07) is 0. The number of hydrogen-bond acceptors (Lipinski definition) is 3. The Morgan fingerprint density at radius 3 is 2.13 bits per heavy atom. The zero-order valence-corrected chi connectivity index (χ0v) is 11.1. The molecule has 1 aliphatic heterocycles. The standard InChI is InChI=1S/C10H22N2O.C2H6/c1-10(2,3)11-4-5-12-6-8-13-9-7-12;1-2/h11H,4-9H2,1-3H3;1-2H3. The van der Waals surface area contributed by atoms with Gasteiger partial charge in [-0.3, -0.25) is 4.90 Å². The van der Waals surface area contributed by atoms with Gasteiger partial charge >= 0.3 is 0 Å². The van der Waals surface area contributed by atoms with Gasteiger partial charge in [-0.1, -0.05) is 13.8 Å². The van der Waals surface area contributed by atoms with Gasteiger partial charge in [-0.15, -0.1) is 0 Å². The van der Waals surface area contributed by atoms with E-state index in [-0.39, 0.29) is 5.54 Å². The zero-order valence-electron chi connectivity index (χ0n) is 11.1. The topological polar surface area (TPSA) is 24.5 Å². The Hall–Kier alpha value is -0.120. The van der Waals surface area contributed by atoms with Gasteiger partial charge in [0.15, 0.2) is 0 Å². The summed E-state index contributed by atoms with van der Waals surface area (Å²) in [7, 11) is 0. The maximum atomic E-state index is 5.28. The lowest BCUT2D eigenvalue weighted by atomic mass is 10.1. The molecule has 0 bridgehead atoms. The van der Waals surface area contributed by atoms with Crippen molar-refractivity contribution in [1.29, 1.82) is 0 Å². The average Bonchev–Trinajstić information content (AvgIpc) is 2.20. The van der Waals surface area contributed by atoms with Gasteiger partial charge < -0.3 is 10.1 Å². The third kappa shape index (κ3) is 8.85. The summed E-state index contributed by atoms with van der Waals surface area (Å²) in [5.74, 6) is 0. The molecule has 1 saturated heterocycles. The number of nitrogens with one attached hydrogen (secondary N) is 1. The Labute approximate surface area is 95.2 Å². The fraction of sp³-hybridized carbons (Fsp3) is 1.00. The molecule has 0 spiro atoms. The molecule has 3 nitrogen and oxygen atoms in total. The van der Waals surface area contributed by atoms with Crippen LogP contribution in [0.5, 0.6) is 0 Å². The Kier molecular flexibility index (Phi) is 8.02. The van der Waals surface area contributed by atoms with E-state index in [4.69, 9.17) is 4.74 Å². The monoisotopic (exact) mass is 216 g/mol. The Morgan fingerprint density at radius 2 is 1.67 bits per heavy atom. The minimum atomic E-state index is 0.242. The van der Waals surface area contributed by atoms with Gasteiger partial charge in [-0.05, 0) is 20.8 Å². The first-order valence-electron chi connectivity index (χ1n) is 6.13. The maximum Gasteiger partial charge on any atom is 0.0594 e. The van der Waals surface area contributed by atoms with E-state index in [0.29, 0.717) is 0 Å². The van der Waals surface area contributed by atoms with Gasteiger partial charge in [-0.25, -0.2) is 0 Å². The lowest BCUT2D eigenvalue weighted by Crippen LogP contribution is -2.44. The van der Waals surface area contributed by atoms with Crippen molar-refractivity contribution in [2.24, 2.45) is 0 Å². The van der Waals surface area contributed by atoms with Crippen molar-refractivity contribution in [2.45, 2.75) is 40.2 Å². The molecule has 1 fully saturated rings. The van der Waals surface area contributed by atoms with E-state index < -0.39 is 0 Å². The molecule has 0 atom stereocenters. The number of ether oxygens (including phenoxy) is 1. The molecule has 0 aromatic rings. The molecule has 0 radical (unpaired) electrons. The molecule has 0 aromatic heterocycles. The first kappa shape index (κ1) is 14.9. The highest BCUT2D eigenvalue weighted by molar-refractivity contribution is 4.72. The highest BCUT2D eigenvalue weighted by Gasteiger charge is 2.12. The van der Waals surface area contributed by atoms with E-state index in [2.05, 4.69) is 31.0 Å². The zero-order chi connectivity index (χ0) is 11.7. The van der Waals surface area contributed by atoms with Crippen LogP contribution in [0.1, 0.15) is 34.6 Å². The molecule has 1 heterocycles. The maximum absolute atomic E-state index is 5.28. The van der Waals surface area contributed by atoms with Crippen LogP contribution in [0.15, 0.2) is 0 Å². The molecular weight excluding hydrogens is 188 g/mol. The molecule has 0 aromatic carbocycles. The highest BCUT2D eigenvalue weighted by atomic mass is 16.5. The summed E-state index contributed by atoms with van der Waals surface area (Å²) in [5, 5.41) is 3.49. The normalized spacial score (nSPS) is 18.2. The van der Waals surface area contributed by atoms with E-state index in [1.807, 2.05) is 13.8 Å². The second kappa shape index (κ2) is 8.08. The van der Waals surface area contributed by atoms with Crippen LogP contribution >= 0.6 is 0 Å². The lowest BCUT2D eigenvalue weighted by Gasteiger charge is -2.28. The molecule has 0 aliphatic carbocycles. The summed E-state index contributed by atoms with van der Waals surface area (Å²) in [6.45, 7) is 16.8. The predicted octanol–water partition coefficient (Wildman–Crippen LogP) is 1.73. The molecule has 92 valence electrons. The Balaban J connectivity index is 0.000000921. The van der Waals surface area contributed by atoms with Crippen LogP contribution in [-0.4, -0.2) is 49.8 Å². The molecule has 1 N–H and O–H groups in total. The third-order valence-corrected chi connectivity index (χ3v) is 2.19. The first-order chi connectivity index (χ1) is 7.08. The molecule has 15 heavy (non-hydrogen) atoms. The second-order valence-corrected chi connectivity index (χ2v) is 4.63. The Morgan fingerprint density at radius 1 is 1.13 bits per heavy atom. The van der Waals surface area contributed by atoms with Gasteiger partial charge in [0.2, 0.25) is 0 Å². The van der Waals surface area contributed by atoms with Crippen LogP contribution in [-0.2, 0) is 4.74 Å². The van der Waals surface area contributed by atoms with Crippen LogP contribution < -0.4 is 5.32 Å². The van der Waals surface area contributed by atoms with Crippen LogP contribution in [0.4, 0.5) is 0 Å². The molecule has 1 rings (SSSR count). The average molecular weight is 216 g/mol. The quantitative estimate of drug-likeness (QED) is 0.777.